The number of carboxylic acid groups (broad SMARTS) is 2. The third kappa shape index (κ3) is 9.83. The van der Waals surface area contributed by atoms with E-state index >= 15 is 0 Å². The number of carboxylic acids is 2. The summed E-state index contributed by atoms with van der Waals surface area (Å²) in [7, 11) is 0. The van der Waals surface area contributed by atoms with Gasteiger partial charge in [-0.25, -0.2) is 9.59 Å². The number of urea groups is 1. The molecule has 1 atom stereocenters. The van der Waals surface area contributed by atoms with E-state index in [1.165, 1.54) is 0 Å². The second-order valence-electron chi connectivity index (χ2n) is 4.07. The topological polar surface area (TPSA) is 142 Å². The monoisotopic (exact) mass is 275 g/mol. The molecule has 0 aromatic carbocycles. The minimum absolute atomic E-state index is 0.148. The number of rotatable bonds is 10. The number of unbranched alkanes of at least 4 members (excludes halogenated alkanes) is 2. The van der Waals surface area contributed by atoms with Crippen LogP contribution in [0.15, 0.2) is 0 Å². The summed E-state index contributed by atoms with van der Waals surface area (Å²) in [6.07, 6.45) is 2.06. The SMILES string of the molecule is NCCCCCNC(=O)N[C@H](CCC(=O)O)C(=O)O. The van der Waals surface area contributed by atoms with Crippen LogP contribution in [-0.4, -0.2) is 47.3 Å². The molecular formula is C11H21N3O5. The van der Waals surface area contributed by atoms with Crippen LogP contribution < -0.4 is 16.4 Å². The third-order valence-electron chi connectivity index (χ3n) is 2.42. The lowest BCUT2D eigenvalue weighted by atomic mass is 10.1. The number of carbonyl (C=O) groups excluding carboxylic acids is 1. The second-order valence-corrected chi connectivity index (χ2v) is 4.07. The Hall–Kier alpha value is -1.83. The molecule has 0 bridgehead atoms. The zero-order chi connectivity index (χ0) is 14.7. The van der Waals surface area contributed by atoms with E-state index < -0.39 is 24.0 Å². The van der Waals surface area contributed by atoms with Gasteiger partial charge in [-0.05, 0) is 25.8 Å². The van der Waals surface area contributed by atoms with Gasteiger partial charge in [0.15, 0.2) is 0 Å². The van der Waals surface area contributed by atoms with Crippen molar-refractivity contribution in [3.63, 3.8) is 0 Å². The molecule has 6 N–H and O–H groups in total. The Balaban J connectivity index is 3.90. The zero-order valence-electron chi connectivity index (χ0n) is 10.7. The van der Waals surface area contributed by atoms with E-state index in [9.17, 15) is 14.4 Å². The quantitative estimate of drug-likeness (QED) is 0.347. The molecule has 8 heteroatoms. The number of hydrogen-bond acceptors (Lipinski definition) is 4. The van der Waals surface area contributed by atoms with Gasteiger partial charge in [0.1, 0.15) is 6.04 Å². The van der Waals surface area contributed by atoms with E-state index in [1.54, 1.807) is 0 Å². The first kappa shape index (κ1) is 17.2. The molecule has 2 amide bonds. The fourth-order valence-electron chi connectivity index (χ4n) is 1.38. The lowest BCUT2D eigenvalue weighted by Crippen LogP contribution is -2.46. The van der Waals surface area contributed by atoms with Crippen LogP contribution in [0.25, 0.3) is 0 Å². The molecule has 0 saturated heterocycles. The second kappa shape index (κ2) is 10.1. The molecule has 0 aliphatic rings. The van der Waals surface area contributed by atoms with Crippen LogP contribution in [0.5, 0.6) is 0 Å². The Morgan fingerprint density at radius 3 is 2.32 bits per heavy atom. The van der Waals surface area contributed by atoms with Gasteiger partial charge in [0, 0.05) is 13.0 Å². The van der Waals surface area contributed by atoms with Crippen molar-refractivity contribution < 1.29 is 24.6 Å². The Kier molecular flexibility index (Phi) is 9.15. The van der Waals surface area contributed by atoms with Gasteiger partial charge in [0.2, 0.25) is 0 Å². The summed E-state index contributed by atoms with van der Waals surface area (Å²) >= 11 is 0. The smallest absolute Gasteiger partial charge is 0.326 e. The van der Waals surface area contributed by atoms with Crippen LogP contribution in [-0.2, 0) is 9.59 Å². The summed E-state index contributed by atoms with van der Waals surface area (Å²) in [5.41, 5.74) is 5.31. The maximum absolute atomic E-state index is 11.4. The Morgan fingerprint density at radius 2 is 1.79 bits per heavy atom. The standard InChI is InChI=1S/C11H21N3O5/c12-6-2-1-3-7-13-11(19)14-8(10(17)18)4-5-9(15)16/h8H,1-7,12H2,(H,15,16)(H,17,18)(H2,13,14,19)/t8-/m1/s1. The number of nitrogens with one attached hydrogen (secondary N) is 2. The summed E-state index contributed by atoms with van der Waals surface area (Å²) < 4.78 is 0. The van der Waals surface area contributed by atoms with Crippen molar-refractivity contribution in [1.82, 2.24) is 10.6 Å². The summed E-state index contributed by atoms with van der Waals surface area (Å²) in [5, 5.41) is 22.0. The Bertz CT molecular complexity index is 309. The fraction of sp³-hybridized carbons (Fsp3) is 0.727. The molecule has 0 unspecified atom stereocenters. The van der Waals surface area contributed by atoms with Gasteiger partial charge in [-0.15, -0.1) is 0 Å². The molecule has 0 saturated carbocycles. The van der Waals surface area contributed by atoms with Crippen LogP contribution in [0, 0.1) is 0 Å². The number of aliphatic carboxylic acids is 2. The lowest BCUT2D eigenvalue weighted by Gasteiger charge is -2.14. The van der Waals surface area contributed by atoms with Crippen molar-refractivity contribution in [2.75, 3.05) is 13.1 Å². The van der Waals surface area contributed by atoms with Crippen molar-refractivity contribution in [1.29, 1.82) is 0 Å². The summed E-state index contributed by atoms with van der Waals surface area (Å²) in [4.78, 5) is 32.5. The molecule has 8 nitrogen and oxygen atoms in total. The molecule has 0 spiro atoms. The van der Waals surface area contributed by atoms with Crippen LogP contribution in [0.3, 0.4) is 0 Å². The van der Waals surface area contributed by atoms with Crippen molar-refractivity contribution in [3.8, 4) is 0 Å². The van der Waals surface area contributed by atoms with Crippen LogP contribution >= 0.6 is 0 Å². The van der Waals surface area contributed by atoms with Crippen molar-refractivity contribution in [2.24, 2.45) is 5.73 Å². The molecule has 0 aromatic rings. The first-order chi connectivity index (χ1) is 8.97. The third-order valence-corrected chi connectivity index (χ3v) is 2.42. The molecule has 0 radical (unpaired) electrons. The van der Waals surface area contributed by atoms with Crippen LogP contribution in [0.4, 0.5) is 4.79 Å². The van der Waals surface area contributed by atoms with Gasteiger partial charge in [0.25, 0.3) is 0 Å². The molecule has 0 aromatic heterocycles. The Labute approximate surface area is 111 Å². The molecule has 0 aliphatic carbocycles. The minimum Gasteiger partial charge on any atom is -0.481 e. The highest BCUT2D eigenvalue weighted by molar-refractivity contribution is 5.82. The lowest BCUT2D eigenvalue weighted by molar-refractivity contribution is -0.140. The van der Waals surface area contributed by atoms with E-state index in [-0.39, 0.29) is 12.8 Å². The summed E-state index contributed by atoms with van der Waals surface area (Å²) in [6.45, 7) is 1.03. The van der Waals surface area contributed by atoms with Crippen LogP contribution in [0.2, 0.25) is 0 Å². The zero-order valence-corrected chi connectivity index (χ0v) is 10.7. The first-order valence-electron chi connectivity index (χ1n) is 6.16. The van der Waals surface area contributed by atoms with Crippen molar-refractivity contribution in [3.05, 3.63) is 0 Å². The highest BCUT2D eigenvalue weighted by atomic mass is 16.4. The highest BCUT2D eigenvalue weighted by Gasteiger charge is 2.20. The van der Waals surface area contributed by atoms with Gasteiger partial charge < -0.3 is 26.6 Å². The summed E-state index contributed by atoms with van der Waals surface area (Å²) in [5.74, 6) is -2.35. The average Bonchev–Trinajstić information content (AvgIpc) is 2.33. The van der Waals surface area contributed by atoms with Crippen molar-refractivity contribution in [2.45, 2.75) is 38.1 Å². The van der Waals surface area contributed by atoms with Gasteiger partial charge in [-0.2, -0.15) is 0 Å². The van der Waals surface area contributed by atoms with Gasteiger partial charge >= 0.3 is 18.0 Å². The fourth-order valence-corrected chi connectivity index (χ4v) is 1.38. The maximum atomic E-state index is 11.4. The van der Waals surface area contributed by atoms with E-state index in [0.29, 0.717) is 13.1 Å². The molecule has 0 rings (SSSR count). The maximum Gasteiger partial charge on any atom is 0.326 e. The van der Waals surface area contributed by atoms with E-state index in [2.05, 4.69) is 10.6 Å². The Morgan fingerprint density at radius 1 is 1.11 bits per heavy atom. The number of carbonyl (C=O) groups is 3. The largest absolute Gasteiger partial charge is 0.481 e. The molecule has 0 fully saturated rings. The normalized spacial score (nSPS) is 11.6. The molecule has 0 aliphatic heterocycles. The number of amides is 2. The average molecular weight is 275 g/mol. The number of hydrogen-bond donors (Lipinski definition) is 5. The predicted octanol–water partition coefficient (Wildman–Crippen LogP) is -0.267. The van der Waals surface area contributed by atoms with Gasteiger partial charge in [-0.1, -0.05) is 6.42 Å². The van der Waals surface area contributed by atoms with Gasteiger partial charge in [-0.3, -0.25) is 4.79 Å². The van der Waals surface area contributed by atoms with Gasteiger partial charge in [0.05, 0.1) is 0 Å². The van der Waals surface area contributed by atoms with E-state index in [0.717, 1.165) is 19.3 Å². The predicted molar refractivity (Wildman–Crippen MR) is 67.7 cm³/mol. The van der Waals surface area contributed by atoms with Crippen molar-refractivity contribution >= 4 is 18.0 Å². The molecule has 0 heterocycles. The van der Waals surface area contributed by atoms with Crippen LogP contribution in [0.1, 0.15) is 32.1 Å². The minimum atomic E-state index is -1.25. The molecule has 110 valence electrons. The van der Waals surface area contributed by atoms with E-state index in [4.69, 9.17) is 15.9 Å². The van der Waals surface area contributed by atoms with E-state index in [1.807, 2.05) is 0 Å². The first-order valence-corrected chi connectivity index (χ1v) is 6.16. The molecule has 19 heavy (non-hydrogen) atoms. The summed E-state index contributed by atoms with van der Waals surface area (Å²) in [6, 6.07) is -1.80. The molecular weight excluding hydrogens is 254 g/mol. The highest BCUT2D eigenvalue weighted by Crippen LogP contribution is 1.98. The number of nitrogens with two attached hydrogens (primary N) is 1.